The maximum atomic E-state index is 11.7. The molecule has 0 atom stereocenters. The van der Waals surface area contributed by atoms with E-state index in [1.54, 1.807) is 6.21 Å². The molecule has 0 aliphatic carbocycles. The lowest BCUT2D eigenvalue weighted by Gasteiger charge is -2.07. The number of benzene rings is 2. The molecule has 0 radical (unpaired) electrons. The smallest absolute Gasteiger partial charge is 0.259 e. The molecular formula is C18H21N3O2. The van der Waals surface area contributed by atoms with Gasteiger partial charge in [0.2, 0.25) is 0 Å². The second-order valence-electron chi connectivity index (χ2n) is 4.96. The largest absolute Gasteiger partial charge is 0.494 e. The molecule has 0 heterocycles. The number of hydrogen-bond acceptors (Lipinski definition) is 4. The quantitative estimate of drug-likeness (QED) is 0.610. The van der Waals surface area contributed by atoms with Crippen LogP contribution in [0.15, 0.2) is 53.6 Å². The molecule has 0 spiro atoms. The SMILES string of the molecule is CCOc1ccc(NCC(=O)N/N=C\c2ccccc2C)cc1. The minimum atomic E-state index is -0.205. The fourth-order valence-corrected chi connectivity index (χ4v) is 1.96. The van der Waals surface area contributed by atoms with E-state index in [0.29, 0.717) is 6.61 Å². The van der Waals surface area contributed by atoms with Crippen molar-refractivity contribution in [2.45, 2.75) is 13.8 Å². The molecule has 1 amide bonds. The van der Waals surface area contributed by atoms with E-state index in [1.165, 1.54) is 0 Å². The molecule has 2 aromatic rings. The highest BCUT2D eigenvalue weighted by Crippen LogP contribution is 2.15. The van der Waals surface area contributed by atoms with E-state index in [0.717, 1.165) is 22.6 Å². The Morgan fingerprint density at radius 3 is 2.61 bits per heavy atom. The summed E-state index contributed by atoms with van der Waals surface area (Å²) in [6, 6.07) is 15.3. The van der Waals surface area contributed by atoms with Crippen LogP contribution in [-0.2, 0) is 4.79 Å². The summed E-state index contributed by atoms with van der Waals surface area (Å²) in [5, 5.41) is 7.00. The number of rotatable bonds is 7. The molecule has 2 aromatic carbocycles. The van der Waals surface area contributed by atoms with Crippen molar-refractivity contribution in [2.75, 3.05) is 18.5 Å². The molecule has 2 rings (SSSR count). The van der Waals surface area contributed by atoms with Crippen LogP contribution in [0.1, 0.15) is 18.1 Å². The zero-order chi connectivity index (χ0) is 16.5. The second kappa shape index (κ2) is 8.58. The van der Waals surface area contributed by atoms with Crippen LogP contribution < -0.4 is 15.5 Å². The van der Waals surface area contributed by atoms with Crippen molar-refractivity contribution in [3.63, 3.8) is 0 Å². The van der Waals surface area contributed by atoms with Gasteiger partial charge in [-0.3, -0.25) is 4.79 Å². The van der Waals surface area contributed by atoms with Crippen molar-refractivity contribution >= 4 is 17.8 Å². The molecular weight excluding hydrogens is 290 g/mol. The summed E-state index contributed by atoms with van der Waals surface area (Å²) in [7, 11) is 0. The summed E-state index contributed by atoms with van der Waals surface area (Å²) >= 11 is 0. The van der Waals surface area contributed by atoms with E-state index in [1.807, 2.05) is 62.4 Å². The summed E-state index contributed by atoms with van der Waals surface area (Å²) in [5.74, 6) is 0.606. The number of amides is 1. The Morgan fingerprint density at radius 1 is 1.17 bits per heavy atom. The topological polar surface area (TPSA) is 62.7 Å². The van der Waals surface area contributed by atoms with E-state index in [9.17, 15) is 4.79 Å². The molecule has 0 fully saturated rings. The van der Waals surface area contributed by atoms with Crippen LogP contribution >= 0.6 is 0 Å². The number of carbonyl (C=O) groups is 1. The van der Waals surface area contributed by atoms with Crippen molar-refractivity contribution < 1.29 is 9.53 Å². The van der Waals surface area contributed by atoms with E-state index in [2.05, 4.69) is 15.8 Å². The number of anilines is 1. The lowest BCUT2D eigenvalue weighted by atomic mass is 10.1. The van der Waals surface area contributed by atoms with Crippen LogP contribution in [0.2, 0.25) is 0 Å². The van der Waals surface area contributed by atoms with Gasteiger partial charge in [0.25, 0.3) is 5.91 Å². The molecule has 0 saturated carbocycles. The number of ether oxygens (including phenoxy) is 1. The highest BCUT2D eigenvalue weighted by atomic mass is 16.5. The third-order valence-corrected chi connectivity index (χ3v) is 3.20. The lowest BCUT2D eigenvalue weighted by molar-refractivity contribution is -0.119. The van der Waals surface area contributed by atoms with Gasteiger partial charge in [-0.25, -0.2) is 5.43 Å². The normalized spacial score (nSPS) is 10.5. The van der Waals surface area contributed by atoms with Crippen LogP contribution in [0.4, 0.5) is 5.69 Å². The molecule has 23 heavy (non-hydrogen) atoms. The number of carbonyl (C=O) groups excluding carboxylic acids is 1. The summed E-state index contributed by atoms with van der Waals surface area (Å²) in [6.45, 7) is 4.72. The van der Waals surface area contributed by atoms with Gasteiger partial charge in [0, 0.05) is 5.69 Å². The third kappa shape index (κ3) is 5.47. The first kappa shape index (κ1) is 16.5. The number of aryl methyl sites for hydroxylation is 1. The van der Waals surface area contributed by atoms with Gasteiger partial charge in [0.1, 0.15) is 5.75 Å². The number of hydrazone groups is 1. The van der Waals surface area contributed by atoms with Gasteiger partial charge in [-0.2, -0.15) is 5.10 Å². The Balaban J connectivity index is 1.78. The third-order valence-electron chi connectivity index (χ3n) is 3.20. The second-order valence-corrected chi connectivity index (χ2v) is 4.96. The summed E-state index contributed by atoms with van der Waals surface area (Å²) < 4.78 is 5.37. The first-order valence-electron chi connectivity index (χ1n) is 7.53. The molecule has 0 aliphatic rings. The molecule has 0 aliphatic heterocycles. The highest BCUT2D eigenvalue weighted by molar-refractivity contribution is 5.85. The molecule has 5 nitrogen and oxygen atoms in total. The van der Waals surface area contributed by atoms with Crippen LogP contribution in [0.25, 0.3) is 0 Å². The molecule has 2 N–H and O–H groups in total. The fourth-order valence-electron chi connectivity index (χ4n) is 1.96. The maximum absolute atomic E-state index is 11.7. The van der Waals surface area contributed by atoms with Crippen LogP contribution in [0.3, 0.4) is 0 Å². The molecule has 0 unspecified atom stereocenters. The standard InChI is InChI=1S/C18H21N3O2/c1-3-23-17-10-8-16(9-11-17)19-13-18(22)21-20-12-15-7-5-4-6-14(15)2/h4-12,19H,3,13H2,1-2H3,(H,21,22)/b20-12-. The Kier molecular flexibility index (Phi) is 6.17. The van der Waals surface area contributed by atoms with Gasteiger partial charge >= 0.3 is 0 Å². The minimum absolute atomic E-state index is 0.152. The first-order chi connectivity index (χ1) is 11.2. The lowest BCUT2D eigenvalue weighted by Crippen LogP contribution is -2.25. The predicted molar refractivity (Wildman–Crippen MR) is 93.0 cm³/mol. The Bertz CT molecular complexity index is 666. The molecule has 120 valence electrons. The van der Waals surface area contributed by atoms with E-state index < -0.39 is 0 Å². The van der Waals surface area contributed by atoms with Crippen molar-refractivity contribution in [1.29, 1.82) is 0 Å². The average molecular weight is 311 g/mol. The van der Waals surface area contributed by atoms with Gasteiger partial charge in [0.05, 0.1) is 19.4 Å². The highest BCUT2D eigenvalue weighted by Gasteiger charge is 2.00. The van der Waals surface area contributed by atoms with Gasteiger partial charge in [0.15, 0.2) is 0 Å². The average Bonchev–Trinajstić information content (AvgIpc) is 2.56. The molecule has 5 heteroatoms. The van der Waals surface area contributed by atoms with Crippen molar-refractivity contribution in [2.24, 2.45) is 5.10 Å². The Morgan fingerprint density at radius 2 is 1.91 bits per heavy atom. The monoisotopic (exact) mass is 311 g/mol. The Labute approximate surface area is 136 Å². The van der Waals surface area contributed by atoms with Crippen molar-refractivity contribution in [3.05, 3.63) is 59.7 Å². The number of nitrogens with zero attached hydrogens (tertiary/aromatic N) is 1. The van der Waals surface area contributed by atoms with E-state index in [4.69, 9.17) is 4.74 Å². The van der Waals surface area contributed by atoms with Crippen molar-refractivity contribution in [1.82, 2.24) is 5.43 Å². The molecule has 0 saturated heterocycles. The van der Waals surface area contributed by atoms with E-state index >= 15 is 0 Å². The zero-order valence-corrected chi connectivity index (χ0v) is 13.4. The fraction of sp³-hybridized carbons (Fsp3) is 0.222. The van der Waals surface area contributed by atoms with Crippen molar-refractivity contribution in [3.8, 4) is 5.75 Å². The summed E-state index contributed by atoms with van der Waals surface area (Å²) in [4.78, 5) is 11.7. The minimum Gasteiger partial charge on any atom is -0.494 e. The Hall–Kier alpha value is -2.82. The number of hydrogen-bond donors (Lipinski definition) is 2. The summed E-state index contributed by atoms with van der Waals surface area (Å²) in [5.41, 5.74) is 5.45. The maximum Gasteiger partial charge on any atom is 0.259 e. The van der Waals surface area contributed by atoms with Gasteiger partial charge in [-0.15, -0.1) is 0 Å². The number of nitrogens with one attached hydrogen (secondary N) is 2. The first-order valence-corrected chi connectivity index (χ1v) is 7.53. The van der Waals surface area contributed by atoms with Crippen LogP contribution in [0.5, 0.6) is 5.75 Å². The molecule has 0 aromatic heterocycles. The zero-order valence-electron chi connectivity index (χ0n) is 13.4. The van der Waals surface area contributed by atoms with Crippen LogP contribution in [-0.4, -0.2) is 25.3 Å². The predicted octanol–water partition coefficient (Wildman–Crippen LogP) is 2.96. The summed E-state index contributed by atoms with van der Waals surface area (Å²) in [6.07, 6.45) is 1.64. The van der Waals surface area contributed by atoms with Gasteiger partial charge < -0.3 is 10.1 Å². The van der Waals surface area contributed by atoms with E-state index in [-0.39, 0.29) is 12.5 Å². The van der Waals surface area contributed by atoms with Gasteiger partial charge in [-0.1, -0.05) is 24.3 Å². The van der Waals surface area contributed by atoms with Crippen LogP contribution in [0, 0.1) is 6.92 Å². The van der Waals surface area contributed by atoms with Gasteiger partial charge in [-0.05, 0) is 49.2 Å². The molecule has 0 bridgehead atoms.